The van der Waals surface area contributed by atoms with E-state index in [9.17, 15) is 19.8 Å². The Morgan fingerprint density at radius 2 is 1.28 bits per heavy atom. The van der Waals surface area contributed by atoms with Crippen molar-refractivity contribution < 1.29 is 10.2 Å². The molecule has 128 valence electrons. The fourth-order valence-electron chi connectivity index (χ4n) is 2.63. The molecule has 0 saturated carbocycles. The maximum atomic E-state index is 12.7. The Balaban J connectivity index is 1.99. The van der Waals surface area contributed by atoms with Gasteiger partial charge in [-0.2, -0.15) is 0 Å². The second-order valence-electron chi connectivity index (χ2n) is 5.95. The SMILES string of the molecule is Cc1cn(Cc2ccc(O)cc2)c(=O)n(Cc2ccc(O)cc2)c1=O. The van der Waals surface area contributed by atoms with Gasteiger partial charge in [0.15, 0.2) is 0 Å². The molecular weight excluding hydrogens is 320 g/mol. The molecule has 3 rings (SSSR count). The third-order valence-electron chi connectivity index (χ3n) is 3.97. The molecule has 2 aromatic carbocycles. The minimum absolute atomic E-state index is 0.130. The van der Waals surface area contributed by atoms with Crippen LogP contribution in [0.25, 0.3) is 0 Å². The molecule has 1 heterocycles. The van der Waals surface area contributed by atoms with Gasteiger partial charge < -0.3 is 10.2 Å². The molecule has 2 N–H and O–H groups in total. The average molecular weight is 338 g/mol. The van der Waals surface area contributed by atoms with Crippen molar-refractivity contribution in [3.05, 3.63) is 92.3 Å². The van der Waals surface area contributed by atoms with Crippen LogP contribution in [0.5, 0.6) is 11.5 Å². The highest BCUT2D eigenvalue weighted by Crippen LogP contribution is 2.11. The Morgan fingerprint density at radius 3 is 1.80 bits per heavy atom. The molecule has 6 heteroatoms. The highest BCUT2D eigenvalue weighted by molar-refractivity contribution is 5.27. The summed E-state index contributed by atoms with van der Waals surface area (Å²) in [5, 5.41) is 18.7. The van der Waals surface area contributed by atoms with Gasteiger partial charge in [0, 0.05) is 11.8 Å². The standard InChI is InChI=1S/C19H18N2O4/c1-13-10-20(11-14-2-6-16(22)7-3-14)19(25)21(18(13)24)12-15-4-8-17(23)9-5-15/h2-10,22-23H,11-12H2,1H3. The van der Waals surface area contributed by atoms with Crippen LogP contribution in [-0.2, 0) is 13.1 Å². The number of phenols is 2. The van der Waals surface area contributed by atoms with E-state index < -0.39 is 5.69 Å². The number of hydrogen-bond acceptors (Lipinski definition) is 4. The van der Waals surface area contributed by atoms with Crippen molar-refractivity contribution in [2.24, 2.45) is 0 Å². The first-order valence-corrected chi connectivity index (χ1v) is 7.81. The summed E-state index contributed by atoms with van der Waals surface area (Å²) in [7, 11) is 0. The van der Waals surface area contributed by atoms with E-state index in [1.54, 1.807) is 49.5 Å². The molecule has 0 fully saturated rings. The quantitative estimate of drug-likeness (QED) is 0.760. The number of aromatic hydroxyl groups is 2. The number of nitrogens with zero attached hydrogens (tertiary/aromatic N) is 2. The summed E-state index contributed by atoms with van der Waals surface area (Å²) >= 11 is 0. The molecule has 6 nitrogen and oxygen atoms in total. The smallest absolute Gasteiger partial charge is 0.331 e. The molecule has 1 aromatic heterocycles. The predicted molar refractivity (Wildman–Crippen MR) is 94.1 cm³/mol. The molecule has 0 saturated heterocycles. The molecule has 0 aliphatic heterocycles. The number of phenolic OH excluding ortho intramolecular Hbond substituents is 2. The van der Waals surface area contributed by atoms with Crippen LogP contribution in [0.2, 0.25) is 0 Å². The van der Waals surface area contributed by atoms with Crippen LogP contribution < -0.4 is 11.2 Å². The van der Waals surface area contributed by atoms with Crippen molar-refractivity contribution in [1.82, 2.24) is 9.13 Å². The van der Waals surface area contributed by atoms with Crippen molar-refractivity contribution in [2.75, 3.05) is 0 Å². The summed E-state index contributed by atoms with van der Waals surface area (Å²) < 4.78 is 2.66. The fourth-order valence-corrected chi connectivity index (χ4v) is 2.63. The molecule has 0 aliphatic carbocycles. The van der Waals surface area contributed by atoms with Crippen molar-refractivity contribution in [2.45, 2.75) is 20.0 Å². The number of hydrogen-bond donors (Lipinski definition) is 2. The number of benzene rings is 2. The summed E-state index contributed by atoms with van der Waals surface area (Å²) in [6.07, 6.45) is 1.55. The van der Waals surface area contributed by atoms with Crippen LogP contribution in [0.1, 0.15) is 16.7 Å². The lowest BCUT2D eigenvalue weighted by Crippen LogP contribution is -2.41. The zero-order valence-electron chi connectivity index (χ0n) is 13.7. The zero-order chi connectivity index (χ0) is 18.0. The van der Waals surface area contributed by atoms with Crippen molar-refractivity contribution in [3.63, 3.8) is 0 Å². The lowest BCUT2D eigenvalue weighted by molar-refractivity contribution is 0.474. The second kappa shape index (κ2) is 6.68. The first-order chi connectivity index (χ1) is 11.9. The van der Waals surface area contributed by atoms with Crippen LogP contribution >= 0.6 is 0 Å². The Labute approximate surface area is 143 Å². The Bertz CT molecular complexity index is 1000. The summed E-state index contributed by atoms with van der Waals surface area (Å²) in [6, 6.07) is 13.0. The van der Waals surface area contributed by atoms with Crippen LogP contribution in [0.15, 0.2) is 64.3 Å². The third kappa shape index (κ3) is 3.63. The van der Waals surface area contributed by atoms with Crippen molar-refractivity contribution in [1.29, 1.82) is 0 Å². The maximum absolute atomic E-state index is 12.7. The van der Waals surface area contributed by atoms with Gasteiger partial charge in [0.1, 0.15) is 11.5 Å². The first kappa shape index (κ1) is 16.6. The molecule has 3 aromatic rings. The summed E-state index contributed by atoms with van der Waals surface area (Å²) in [6.45, 7) is 2.10. The first-order valence-electron chi connectivity index (χ1n) is 7.81. The monoisotopic (exact) mass is 338 g/mol. The Morgan fingerprint density at radius 1 is 0.800 bits per heavy atom. The van der Waals surface area contributed by atoms with E-state index in [1.807, 2.05) is 0 Å². The van der Waals surface area contributed by atoms with E-state index in [2.05, 4.69) is 0 Å². The van der Waals surface area contributed by atoms with Gasteiger partial charge in [-0.15, -0.1) is 0 Å². The summed E-state index contributed by atoms with van der Waals surface area (Å²) in [5.74, 6) is 0.287. The van der Waals surface area contributed by atoms with Gasteiger partial charge in [-0.05, 0) is 42.3 Å². The van der Waals surface area contributed by atoms with E-state index in [0.29, 0.717) is 12.1 Å². The van der Waals surface area contributed by atoms with Gasteiger partial charge in [0.05, 0.1) is 13.1 Å². The predicted octanol–water partition coefficient (Wildman–Crippen LogP) is 1.83. The second-order valence-corrected chi connectivity index (χ2v) is 5.95. The molecule has 0 amide bonds. The van der Waals surface area contributed by atoms with Gasteiger partial charge in [-0.25, -0.2) is 4.79 Å². The van der Waals surface area contributed by atoms with Crippen molar-refractivity contribution >= 4 is 0 Å². The van der Waals surface area contributed by atoms with Crippen LogP contribution in [-0.4, -0.2) is 19.3 Å². The van der Waals surface area contributed by atoms with Crippen LogP contribution in [0, 0.1) is 6.92 Å². The molecule has 0 spiro atoms. The van der Waals surface area contributed by atoms with Gasteiger partial charge in [-0.1, -0.05) is 24.3 Å². The molecule has 0 bridgehead atoms. The minimum Gasteiger partial charge on any atom is -0.508 e. The largest absolute Gasteiger partial charge is 0.508 e. The lowest BCUT2D eigenvalue weighted by atomic mass is 10.2. The van der Waals surface area contributed by atoms with Crippen LogP contribution in [0.4, 0.5) is 0 Å². The molecule has 0 unspecified atom stereocenters. The van der Waals surface area contributed by atoms with Gasteiger partial charge in [0.25, 0.3) is 5.56 Å². The van der Waals surface area contributed by atoms with Gasteiger partial charge in [-0.3, -0.25) is 13.9 Å². The van der Waals surface area contributed by atoms with E-state index in [4.69, 9.17) is 0 Å². The fraction of sp³-hybridized carbons (Fsp3) is 0.158. The Hall–Kier alpha value is -3.28. The third-order valence-corrected chi connectivity index (χ3v) is 3.97. The summed E-state index contributed by atoms with van der Waals surface area (Å²) in [4.78, 5) is 25.1. The highest BCUT2D eigenvalue weighted by Gasteiger charge is 2.10. The van der Waals surface area contributed by atoms with E-state index >= 15 is 0 Å². The van der Waals surface area contributed by atoms with E-state index in [-0.39, 0.29) is 23.6 Å². The van der Waals surface area contributed by atoms with Gasteiger partial charge in [0.2, 0.25) is 0 Å². The average Bonchev–Trinajstić information content (AvgIpc) is 2.60. The molecule has 25 heavy (non-hydrogen) atoms. The molecule has 0 aliphatic rings. The molecular formula is C19H18N2O4. The lowest BCUT2D eigenvalue weighted by Gasteiger charge is -2.12. The zero-order valence-corrected chi connectivity index (χ0v) is 13.7. The number of rotatable bonds is 4. The van der Waals surface area contributed by atoms with Gasteiger partial charge >= 0.3 is 5.69 Å². The van der Waals surface area contributed by atoms with Crippen molar-refractivity contribution in [3.8, 4) is 11.5 Å². The normalized spacial score (nSPS) is 10.8. The minimum atomic E-state index is -0.406. The summed E-state index contributed by atoms with van der Waals surface area (Å²) in [5.41, 5.74) is 1.32. The number of aryl methyl sites for hydroxylation is 1. The Kier molecular flexibility index (Phi) is 4.43. The molecule has 0 radical (unpaired) electrons. The highest BCUT2D eigenvalue weighted by atomic mass is 16.3. The number of aromatic nitrogens is 2. The van der Waals surface area contributed by atoms with E-state index in [0.717, 1.165) is 11.1 Å². The topological polar surface area (TPSA) is 84.5 Å². The molecule has 0 atom stereocenters. The maximum Gasteiger partial charge on any atom is 0.331 e. The van der Waals surface area contributed by atoms with E-state index in [1.165, 1.54) is 21.3 Å². The van der Waals surface area contributed by atoms with Crippen LogP contribution in [0.3, 0.4) is 0 Å².